The monoisotopic (exact) mass is 348 g/mol. The van der Waals surface area contributed by atoms with Crippen molar-refractivity contribution in [3.63, 3.8) is 0 Å². The van der Waals surface area contributed by atoms with Crippen LogP contribution in [0.5, 0.6) is 0 Å². The molecule has 1 aliphatic rings. The van der Waals surface area contributed by atoms with Gasteiger partial charge in [-0.3, -0.25) is 9.63 Å². The number of rotatable bonds is 5. The summed E-state index contributed by atoms with van der Waals surface area (Å²) in [6, 6.07) is 4.61. The Bertz CT molecular complexity index is 755. The molecule has 1 amide bonds. The summed E-state index contributed by atoms with van der Waals surface area (Å²) in [5.74, 6) is -0.710. The standard InChI is InChI=1S/C12H16N2O6S2/c1-20-13-12(15)9-2-4-11(5-3-9)22(18,19)14-10-6-7-21(16,17)8-10/h2-5,10,14H,6-8H2,1H3,(H,13,15)/t10-/m0/s1. The second-order valence-corrected chi connectivity index (χ2v) is 8.82. The summed E-state index contributed by atoms with van der Waals surface area (Å²) < 4.78 is 49.4. The van der Waals surface area contributed by atoms with Crippen LogP contribution in [0.15, 0.2) is 29.2 Å². The van der Waals surface area contributed by atoms with E-state index in [0.717, 1.165) is 0 Å². The molecule has 0 radical (unpaired) electrons. The van der Waals surface area contributed by atoms with Gasteiger partial charge in [-0.1, -0.05) is 0 Å². The van der Waals surface area contributed by atoms with Crippen LogP contribution in [0.1, 0.15) is 16.8 Å². The van der Waals surface area contributed by atoms with Crippen molar-refractivity contribution in [2.24, 2.45) is 0 Å². The molecular weight excluding hydrogens is 332 g/mol. The van der Waals surface area contributed by atoms with E-state index in [-0.39, 0.29) is 28.4 Å². The van der Waals surface area contributed by atoms with Crippen LogP contribution in [-0.2, 0) is 24.7 Å². The molecule has 1 aromatic rings. The third kappa shape index (κ3) is 4.03. The molecule has 1 saturated heterocycles. The maximum Gasteiger partial charge on any atom is 0.274 e. The lowest BCUT2D eigenvalue weighted by Gasteiger charge is -2.12. The Labute approximate surface area is 128 Å². The van der Waals surface area contributed by atoms with Crippen molar-refractivity contribution >= 4 is 25.8 Å². The minimum Gasteiger partial charge on any atom is -0.277 e. The van der Waals surface area contributed by atoms with Crippen molar-refractivity contribution in [3.8, 4) is 0 Å². The highest BCUT2D eigenvalue weighted by molar-refractivity contribution is 7.92. The van der Waals surface area contributed by atoms with Crippen molar-refractivity contribution in [2.45, 2.75) is 17.4 Å². The Kier molecular flexibility index (Phi) is 4.85. The van der Waals surface area contributed by atoms with Gasteiger partial charge in [0.2, 0.25) is 10.0 Å². The molecule has 1 heterocycles. The number of sulfone groups is 1. The molecule has 0 aliphatic carbocycles. The van der Waals surface area contributed by atoms with Gasteiger partial charge in [-0.15, -0.1) is 0 Å². The number of sulfonamides is 1. The molecule has 1 aliphatic heterocycles. The van der Waals surface area contributed by atoms with E-state index in [1.165, 1.54) is 31.4 Å². The maximum absolute atomic E-state index is 12.2. The third-order valence-electron chi connectivity index (χ3n) is 3.18. The number of hydrogen-bond donors (Lipinski definition) is 2. The smallest absolute Gasteiger partial charge is 0.274 e. The van der Waals surface area contributed by atoms with Gasteiger partial charge in [0.25, 0.3) is 5.91 Å². The first kappa shape index (κ1) is 16.9. The normalized spacial score (nSPS) is 20.7. The molecule has 8 nitrogen and oxygen atoms in total. The van der Waals surface area contributed by atoms with Crippen LogP contribution in [-0.4, -0.2) is 47.4 Å². The van der Waals surface area contributed by atoms with Crippen LogP contribution >= 0.6 is 0 Å². The number of amides is 1. The predicted molar refractivity (Wildman–Crippen MR) is 78.3 cm³/mol. The molecule has 10 heteroatoms. The average Bonchev–Trinajstić information content (AvgIpc) is 2.77. The van der Waals surface area contributed by atoms with E-state index in [2.05, 4.69) is 15.0 Å². The van der Waals surface area contributed by atoms with Crippen LogP contribution < -0.4 is 10.2 Å². The molecule has 1 atom stereocenters. The number of hydroxylamine groups is 1. The molecule has 0 spiro atoms. The zero-order valence-corrected chi connectivity index (χ0v) is 13.4. The van der Waals surface area contributed by atoms with Gasteiger partial charge in [-0.05, 0) is 30.7 Å². The minimum atomic E-state index is -3.83. The van der Waals surface area contributed by atoms with Crippen LogP contribution in [0.3, 0.4) is 0 Å². The molecule has 0 bridgehead atoms. The summed E-state index contributed by atoms with van der Waals surface area (Å²) in [5.41, 5.74) is 2.36. The van der Waals surface area contributed by atoms with Crippen molar-refractivity contribution in [1.82, 2.24) is 10.2 Å². The van der Waals surface area contributed by atoms with E-state index in [4.69, 9.17) is 0 Å². The minimum absolute atomic E-state index is 0.0175. The van der Waals surface area contributed by atoms with Crippen LogP contribution in [0.2, 0.25) is 0 Å². The summed E-state index contributed by atoms with van der Waals surface area (Å²) in [4.78, 5) is 15.9. The first-order valence-corrected chi connectivity index (χ1v) is 9.70. The zero-order valence-electron chi connectivity index (χ0n) is 11.8. The topological polar surface area (TPSA) is 119 Å². The average molecular weight is 348 g/mol. The first-order chi connectivity index (χ1) is 10.2. The Morgan fingerprint density at radius 2 is 1.91 bits per heavy atom. The number of nitrogens with one attached hydrogen (secondary N) is 2. The fraction of sp³-hybridized carbons (Fsp3) is 0.417. The molecule has 22 heavy (non-hydrogen) atoms. The fourth-order valence-electron chi connectivity index (χ4n) is 2.11. The molecule has 0 unspecified atom stereocenters. The van der Waals surface area contributed by atoms with E-state index in [9.17, 15) is 21.6 Å². The third-order valence-corrected chi connectivity index (χ3v) is 6.48. The second-order valence-electron chi connectivity index (χ2n) is 4.88. The lowest BCUT2D eigenvalue weighted by atomic mass is 10.2. The SMILES string of the molecule is CONC(=O)c1ccc(S(=O)(=O)N[C@H]2CCS(=O)(=O)C2)cc1. The number of carbonyl (C=O) groups is 1. The van der Waals surface area contributed by atoms with E-state index in [1.807, 2.05) is 0 Å². The molecule has 0 aromatic heterocycles. The van der Waals surface area contributed by atoms with E-state index < -0.39 is 31.8 Å². The molecule has 122 valence electrons. The highest BCUT2D eigenvalue weighted by atomic mass is 32.2. The van der Waals surface area contributed by atoms with Crippen LogP contribution in [0.25, 0.3) is 0 Å². The second kappa shape index (κ2) is 6.32. The van der Waals surface area contributed by atoms with Crippen LogP contribution in [0.4, 0.5) is 0 Å². The van der Waals surface area contributed by atoms with Gasteiger partial charge in [-0.25, -0.2) is 27.0 Å². The Morgan fingerprint density at radius 1 is 1.27 bits per heavy atom. The Hall–Kier alpha value is -1.49. The molecule has 1 aromatic carbocycles. The summed E-state index contributed by atoms with van der Waals surface area (Å²) in [5, 5.41) is 0. The summed E-state index contributed by atoms with van der Waals surface area (Å²) in [6.07, 6.45) is 0.260. The van der Waals surface area contributed by atoms with Gasteiger partial charge in [0.05, 0.1) is 23.5 Å². The summed E-state index contributed by atoms with van der Waals surface area (Å²) in [7, 11) is -5.71. The van der Waals surface area contributed by atoms with E-state index >= 15 is 0 Å². The van der Waals surface area contributed by atoms with Crippen LogP contribution in [0, 0.1) is 0 Å². The van der Waals surface area contributed by atoms with Crippen molar-refractivity contribution in [2.75, 3.05) is 18.6 Å². The summed E-state index contributed by atoms with van der Waals surface area (Å²) in [6.45, 7) is 0. The molecule has 2 rings (SSSR count). The van der Waals surface area contributed by atoms with Gasteiger partial charge >= 0.3 is 0 Å². The van der Waals surface area contributed by atoms with Gasteiger partial charge in [0.15, 0.2) is 9.84 Å². The van der Waals surface area contributed by atoms with Gasteiger partial charge in [0.1, 0.15) is 0 Å². The van der Waals surface area contributed by atoms with Crippen molar-refractivity contribution in [3.05, 3.63) is 29.8 Å². The Balaban J connectivity index is 2.11. The van der Waals surface area contributed by atoms with Gasteiger partial charge in [0, 0.05) is 11.6 Å². The van der Waals surface area contributed by atoms with Gasteiger partial charge in [-0.2, -0.15) is 0 Å². The molecular formula is C12H16N2O6S2. The lowest BCUT2D eigenvalue weighted by Crippen LogP contribution is -2.35. The first-order valence-electron chi connectivity index (χ1n) is 6.40. The highest BCUT2D eigenvalue weighted by Crippen LogP contribution is 2.16. The van der Waals surface area contributed by atoms with Crippen molar-refractivity contribution in [1.29, 1.82) is 0 Å². The largest absolute Gasteiger partial charge is 0.277 e. The quantitative estimate of drug-likeness (QED) is 0.689. The highest BCUT2D eigenvalue weighted by Gasteiger charge is 2.31. The summed E-state index contributed by atoms with van der Waals surface area (Å²) >= 11 is 0. The van der Waals surface area contributed by atoms with Gasteiger partial charge < -0.3 is 0 Å². The maximum atomic E-state index is 12.2. The molecule has 2 N–H and O–H groups in total. The zero-order chi connectivity index (χ0) is 16.4. The number of benzene rings is 1. The fourth-order valence-corrected chi connectivity index (χ4v) is 5.16. The van der Waals surface area contributed by atoms with Crippen molar-refractivity contribution < 1.29 is 26.5 Å². The number of carbonyl (C=O) groups excluding carboxylic acids is 1. The Morgan fingerprint density at radius 3 is 2.41 bits per heavy atom. The van der Waals surface area contributed by atoms with E-state index in [0.29, 0.717) is 0 Å². The number of hydrogen-bond acceptors (Lipinski definition) is 6. The molecule has 0 saturated carbocycles. The lowest BCUT2D eigenvalue weighted by molar-refractivity contribution is 0.0537. The van der Waals surface area contributed by atoms with E-state index in [1.54, 1.807) is 0 Å². The molecule has 1 fully saturated rings. The predicted octanol–water partition coefficient (Wildman–Crippen LogP) is -0.557.